The van der Waals surface area contributed by atoms with E-state index in [0.717, 1.165) is 33.1 Å². The van der Waals surface area contributed by atoms with Crippen LogP contribution < -0.4 is 5.32 Å². The van der Waals surface area contributed by atoms with E-state index in [9.17, 15) is 8.68 Å². The molecular weight excluding hydrogens is 445 g/mol. The number of benzene rings is 1. The Morgan fingerprint density at radius 1 is 1.46 bits per heavy atom. The van der Waals surface area contributed by atoms with Crippen molar-refractivity contribution in [2.24, 2.45) is 0 Å². The van der Waals surface area contributed by atoms with Crippen LogP contribution in [0, 0.1) is 0 Å². The van der Waals surface area contributed by atoms with Gasteiger partial charge in [0.05, 0.1) is 30.0 Å². The topological polar surface area (TPSA) is 66.0 Å². The summed E-state index contributed by atoms with van der Waals surface area (Å²) in [7, 11) is 1.76. The Bertz CT molecular complexity index is 973. The number of hydrogen-bond acceptors (Lipinski definition) is 4. The van der Waals surface area contributed by atoms with Crippen molar-refractivity contribution in [3.05, 3.63) is 40.9 Å². The van der Waals surface area contributed by atoms with Gasteiger partial charge in [-0.2, -0.15) is 0 Å². The zero-order valence-electron chi connectivity index (χ0n) is 16.0. The predicted octanol–water partition coefficient (Wildman–Crippen LogP) is 4.69. The highest BCUT2D eigenvalue weighted by Gasteiger charge is 2.23. The number of H-pyrrole nitrogens is 1. The van der Waals surface area contributed by atoms with Crippen LogP contribution in [0.4, 0.5) is 3.89 Å². The lowest BCUT2D eigenvalue weighted by Crippen LogP contribution is -2.39. The molecule has 28 heavy (non-hydrogen) atoms. The Balaban J connectivity index is 1.98. The first-order valence-electron chi connectivity index (χ1n) is 9.09. The van der Waals surface area contributed by atoms with Crippen molar-refractivity contribution in [2.75, 3.05) is 20.1 Å². The minimum atomic E-state index is -0.192. The summed E-state index contributed by atoms with van der Waals surface area (Å²) in [6.45, 7) is 4.94. The van der Waals surface area contributed by atoms with Crippen molar-refractivity contribution in [1.29, 1.82) is 0 Å². The number of carbonyl (C=O) groups excluding carboxylic acids is 1. The molecule has 3 rings (SSSR count). The van der Waals surface area contributed by atoms with Gasteiger partial charge in [0.25, 0.3) is 0 Å². The molecule has 2 N–H and O–H groups in total. The first-order chi connectivity index (χ1) is 13.5. The fourth-order valence-corrected chi connectivity index (χ4v) is 4.16. The second-order valence-electron chi connectivity index (χ2n) is 6.54. The molecule has 0 aliphatic carbocycles. The van der Waals surface area contributed by atoms with Crippen LogP contribution >= 0.6 is 28.3 Å². The number of halogens is 2. The van der Waals surface area contributed by atoms with E-state index in [-0.39, 0.29) is 30.8 Å². The van der Waals surface area contributed by atoms with E-state index in [4.69, 9.17) is 0 Å². The molecule has 3 aromatic rings. The van der Waals surface area contributed by atoms with Gasteiger partial charge in [0.2, 0.25) is 5.91 Å². The van der Waals surface area contributed by atoms with Crippen LogP contribution in [-0.4, -0.2) is 44.9 Å². The maximum absolute atomic E-state index is 13.4. The molecule has 0 saturated heterocycles. The molecule has 9 heteroatoms. The van der Waals surface area contributed by atoms with Crippen molar-refractivity contribution in [1.82, 2.24) is 24.2 Å². The van der Waals surface area contributed by atoms with Gasteiger partial charge >= 0.3 is 0 Å². The molecule has 2 aromatic heterocycles. The molecule has 2 heterocycles. The second-order valence-corrected chi connectivity index (χ2v) is 7.93. The lowest BCUT2D eigenvalue weighted by atomic mass is 10.1. The molecule has 150 valence electrons. The van der Waals surface area contributed by atoms with Crippen LogP contribution in [-0.2, 0) is 4.79 Å². The minimum absolute atomic E-state index is 0.0311. The monoisotopic (exact) mass is 467 g/mol. The number of imidazole rings is 1. The molecule has 0 fully saturated rings. The number of rotatable bonds is 8. The van der Waals surface area contributed by atoms with Crippen LogP contribution in [0.15, 0.2) is 35.1 Å². The van der Waals surface area contributed by atoms with Crippen molar-refractivity contribution >= 4 is 45.1 Å². The van der Waals surface area contributed by atoms with Crippen LogP contribution in [0.1, 0.15) is 32.1 Å². The van der Waals surface area contributed by atoms with E-state index < -0.39 is 0 Å². The number of nitrogens with one attached hydrogen (secondary N) is 2. The molecule has 0 aliphatic rings. The van der Waals surface area contributed by atoms with Gasteiger partial charge in [0.15, 0.2) is 12.3 Å². The predicted molar refractivity (Wildman–Crippen MR) is 116 cm³/mol. The van der Waals surface area contributed by atoms with E-state index in [2.05, 4.69) is 31.2 Å². The summed E-state index contributed by atoms with van der Waals surface area (Å²) in [6.07, 6.45) is 4.30. The summed E-state index contributed by atoms with van der Waals surface area (Å²) in [4.78, 5) is 22.1. The SMILES string of the molecule is CCCN(C(=O)CNC)C(C)c1ncc(-c2ccc(Br)c3ccn(SF)c23)[nH]1. The highest BCUT2D eigenvalue weighted by atomic mass is 79.9. The fraction of sp³-hybridized carbons (Fsp3) is 0.368. The zero-order chi connectivity index (χ0) is 20.3. The maximum Gasteiger partial charge on any atom is 0.237 e. The van der Waals surface area contributed by atoms with E-state index >= 15 is 0 Å². The Hall–Kier alpha value is -1.84. The number of carbonyl (C=O) groups is 1. The highest BCUT2D eigenvalue weighted by Crippen LogP contribution is 2.36. The Morgan fingerprint density at radius 3 is 2.93 bits per heavy atom. The van der Waals surface area contributed by atoms with Crippen LogP contribution in [0.3, 0.4) is 0 Å². The summed E-state index contributed by atoms with van der Waals surface area (Å²) >= 11 is 3.68. The third kappa shape index (κ3) is 3.97. The Labute approximate surface area is 176 Å². The summed E-state index contributed by atoms with van der Waals surface area (Å²) in [5, 5.41) is 3.83. The molecule has 0 bridgehead atoms. The molecule has 0 saturated carbocycles. The van der Waals surface area contributed by atoms with Crippen LogP contribution in [0.2, 0.25) is 0 Å². The van der Waals surface area contributed by atoms with Gasteiger partial charge in [0.1, 0.15) is 5.82 Å². The fourth-order valence-electron chi connectivity index (χ4n) is 3.33. The minimum Gasteiger partial charge on any atom is -0.340 e. The lowest BCUT2D eigenvalue weighted by molar-refractivity contribution is -0.132. The normalized spacial score (nSPS) is 12.5. The van der Waals surface area contributed by atoms with Crippen molar-refractivity contribution < 1.29 is 8.68 Å². The lowest BCUT2D eigenvalue weighted by Gasteiger charge is -2.27. The summed E-state index contributed by atoms with van der Waals surface area (Å²) in [6, 6.07) is 5.54. The summed E-state index contributed by atoms with van der Waals surface area (Å²) < 4.78 is 15.8. The van der Waals surface area contributed by atoms with E-state index in [0.29, 0.717) is 12.4 Å². The van der Waals surface area contributed by atoms with Crippen molar-refractivity contribution in [3.8, 4) is 11.3 Å². The first-order valence-corrected chi connectivity index (χ1v) is 10.6. The van der Waals surface area contributed by atoms with Crippen molar-refractivity contribution in [2.45, 2.75) is 26.3 Å². The standard InChI is InChI=1S/C19H23BrFN5OS/c1-4-8-25(17(27)11-22-3)12(2)19-23-10-16(24-19)14-5-6-15(20)13-7-9-26(28-21)18(13)14/h5-7,9-10,12,22H,4,8,11H2,1-3H3,(H,23,24). The Kier molecular flexibility index (Phi) is 6.79. The number of likely N-dealkylation sites (N-methyl/N-ethyl adjacent to an activating group) is 1. The summed E-state index contributed by atoms with van der Waals surface area (Å²) in [5.74, 6) is 0.735. The number of amides is 1. The van der Waals surface area contributed by atoms with Gasteiger partial charge < -0.3 is 15.2 Å². The highest BCUT2D eigenvalue weighted by molar-refractivity contribution is 9.10. The van der Waals surface area contributed by atoms with Gasteiger partial charge in [-0.3, -0.25) is 8.77 Å². The van der Waals surface area contributed by atoms with Gasteiger partial charge in [-0.15, -0.1) is 3.89 Å². The first kappa shape index (κ1) is 20.9. The molecular formula is C19H23BrFN5OS. The smallest absolute Gasteiger partial charge is 0.237 e. The van der Waals surface area contributed by atoms with Gasteiger partial charge in [-0.05, 0) is 38.6 Å². The van der Waals surface area contributed by atoms with Gasteiger partial charge in [0, 0.05) is 28.2 Å². The molecule has 1 atom stereocenters. The molecule has 1 amide bonds. The molecule has 0 spiro atoms. The number of nitrogens with zero attached hydrogens (tertiary/aromatic N) is 3. The average Bonchev–Trinajstić information content (AvgIpc) is 3.34. The average molecular weight is 468 g/mol. The zero-order valence-corrected chi connectivity index (χ0v) is 18.4. The largest absolute Gasteiger partial charge is 0.340 e. The van der Waals surface area contributed by atoms with Gasteiger partial charge in [-0.25, -0.2) is 4.98 Å². The quantitative estimate of drug-likeness (QED) is 0.503. The molecule has 0 radical (unpaired) electrons. The van der Waals surface area contributed by atoms with Crippen molar-refractivity contribution in [3.63, 3.8) is 0 Å². The number of hydrogen-bond donors (Lipinski definition) is 2. The third-order valence-corrected chi connectivity index (χ3v) is 5.84. The number of fused-ring (bicyclic) bond motifs is 1. The van der Waals surface area contributed by atoms with E-state index in [1.807, 2.05) is 36.9 Å². The number of aromatic amines is 1. The molecule has 0 aliphatic heterocycles. The summed E-state index contributed by atoms with van der Waals surface area (Å²) in [5.41, 5.74) is 2.40. The van der Waals surface area contributed by atoms with Crippen LogP contribution in [0.25, 0.3) is 22.2 Å². The second kappa shape index (κ2) is 9.11. The molecule has 6 nitrogen and oxygen atoms in total. The maximum atomic E-state index is 13.4. The Morgan fingerprint density at radius 2 is 2.25 bits per heavy atom. The van der Waals surface area contributed by atoms with Gasteiger partial charge in [-0.1, -0.05) is 22.9 Å². The van der Waals surface area contributed by atoms with E-state index in [1.54, 1.807) is 19.4 Å². The molecule has 1 unspecified atom stereocenters. The number of aromatic nitrogens is 3. The van der Waals surface area contributed by atoms with E-state index in [1.165, 1.54) is 3.97 Å². The van der Waals surface area contributed by atoms with Crippen LogP contribution in [0.5, 0.6) is 0 Å². The third-order valence-electron chi connectivity index (χ3n) is 4.70. The molecule has 1 aromatic carbocycles.